The highest BCUT2D eigenvalue weighted by atomic mass is 19.3. The van der Waals surface area contributed by atoms with E-state index in [1.807, 2.05) is 4.98 Å². The molecule has 0 fully saturated rings. The lowest BCUT2D eigenvalue weighted by molar-refractivity contribution is 0.111. The zero-order chi connectivity index (χ0) is 10.7. The van der Waals surface area contributed by atoms with Crippen LogP contribution < -0.4 is 5.56 Å². The molecule has 0 bridgehead atoms. The Kier molecular flexibility index (Phi) is 2.72. The van der Waals surface area contributed by atoms with Crippen LogP contribution in [0.15, 0.2) is 10.9 Å². The molecule has 0 aliphatic carbocycles. The van der Waals surface area contributed by atoms with Crippen molar-refractivity contribution in [2.75, 3.05) is 0 Å². The van der Waals surface area contributed by atoms with Gasteiger partial charge in [-0.2, -0.15) is 5.26 Å². The molecule has 0 unspecified atom stereocenters. The van der Waals surface area contributed by atoms with Gasteiger partial charge in [0.2, 0.25) is 0 Å². The summed E-state index contributed by atoms with van der Waals surface area (Å²) in [4.78, 5) is 23.1. The minimum atomic E-state index is -3.03. The van der Waals surface area contributed by atoms with Gasteiger partial charge in [-0.1, -0.05) is 0 Å². The molecule has 1 N–H and O–H groups in total. The van der Waals surface area contributed by atoms with Gasteiger partial charge in [0.05, 0.1) is 17.3 Å². The molecule has 4 nitrogen and oxygen atoms in total. The van der Waals surface area contributed by atoms with Crippen LogP contribution in [0.4, 0.5) is 8.78 Å². The van der Waals surface area contributed by atoms with Gasteiger partial charge < -0.3 is 4.98 Å². The highest BCUT2D eigenvalue weighted by Crippen LogP contribution is 2.18. The Hall–Kier alpha value is -2.03. The third kappa shape index (κ3) is 1.66. The van der Waals surface area contributed by atoms with Gasteiger partial charge in [-0.3, -0.25) is 9.59 Å². The van der Waals surface area contributed by atoms with Gasteiger partial charge in [-0.05, 0) is 6.07 Å². The van der Waals surface area contributed by atoms with E-state index in [1.165, 1.54) is 6.07 Å². The molecular formula is C8H4F2N2O2. The topological polar surface area (TPSA) is 73.7 Å². The second-order valence-corrected chi connectivity index (χ2v) is 2.41. The van der Waals surface area contributed by atoms with Gasteiger partial charge in [0.1, 0.15) is 5.56 Å². The van der Waals surface area contributed by atoms with E-state index in [-0.39, 0.29) is 12.0 Å². The molecule has 14 heavy (non-hydrogen) atoms. The summed E-state index contributed by atoms with van der Waals surface area (Å²) in [6.07, 6.45) is -2.76. The van der Waals surface area contributed by atoms with Gasteiger partial charge in [-0.15, -0.1) is 0 Å². The highest BCUT2D eigenvalue weighted by Gasteiger charge is 2.18. The fourth-order valence-electron chi connectivity index (χ4n) is 0.963. The number of H-pyrrole nitrogens is 1. The first-order chi connectivity index (χ1) is 6.60. The van der Waals surface area contributed by atoms with Crippen molar-refractivity contribution in [3.8, 4) is 6.07 Å². The lowest BCUT2D eigenvalue weighted by atomic mass is 10.1. The molecule has 0 amide bonds. The van der Waals surface area contributed by atoms with Gasteiger partial charge in [0, 0.05) is 0 Å². The largest absolute Gasteiger partial charge is 0.319 e. The minimum absolute atomic E-state index is 0.198. The van der Waals surface area contributed by atoms with E-state index in [0.717, 1.165) is 6.07 Å². The van der Waals surface area contributed by atoms with Crippen molar-refractivity contribution in [3.63, 3.8) is 0 Å². The monoisotopic (exact) mass is 198 g/mol. The van der Waals surface area contributed by atoms with Gasteiger partial charge in [-0.25, -0.2) is 8.78 Å². The van der Waals surface area contributed by atoms with Crippen molar-refractivity contribution in [1.29, 1.82) is 5.26 Å². The Bertz CT molecular complexity index is 459. The molecular weight excluding hydrogens is 194 g/mol. The van der Waals surface area contributed by atoms with E-state index in [1.54, 1.807) is 0 Å². The number of carbonyl (C=O) groups excluding carboxylic acids is 1. The zero-order valence-electron chi connectivity index (χ0n) is 6.75. The number of halogens is 2. The first-order valence-electron chi connectivity index (χ1n) is 3.50. The smallest absolute Gasteiger partial charge is 0.270 e. The molecule has 0 aliphatic rings. The molecule has 1 rings (SSSR count). The standard InChI is InChI=1S/C8H4F2N2O2/c9-7(10)6-4(2-11)1-5(3-13)12-8(6)14/h1,3,7H,(H,12,14). The maximum absolute atomic E-state index is 12.3. The SMILES string of the molecule is N#Cc1cc(C=O)[nH]c(=O)c1C(F)F. The number of aromatic nitrogens is 1. The average molecular weight is 198 g/mol. The van der Waals surface area contributed by atoms with E-state index in [2.05, 4.69) is 0 Å². The molecule has 1 aromatic rings. The maximum atomic E-state index is 12.3. The number of pyridine rings is 1. The Balaban J connectivity index is 3.53. The van der Waals surface area contributed by atoms with E-state index in [9.17, 15) is 18.4 Å². The Morgan fingerprint density at radius 1 is 1.57 bits per heavy atom. The Morgan fingerprint density at radius 3 is 2.64 bits per heavy atom. The number of carbonyl (C=O) groups is 1. The van der Waals surface area contributed by atoms with Crippen LogP contribution in [0.2, 0.25) is 0 Å². The molecule has 72 valence electrons. The number of hydrogen-bond donors (Lipinski definition) is 1. The van der Waals surface area contributed by atoms with E-state index < -0.39 is 23.1 Å². The molecule has 0 aliphatic heterocycles. The molecule has 0 saturated heterocycles. The number of alkyl halides is 2. The van der Waals surface area contributed by atoms with Crippen LogP contribution in [-0.2, 0) is 0 Å². The van der Waals surface area contributed by atoms with Crippen molar-refractivity contribution in [3.05, 3.63) is 33.2 Å². The number of rotatable bonds is 2. The van der Waals surface area contributed by atoms with Gasteiger partial charge >= 0.3 is 0 Å². The second kappa shape index (κ2) is 3.79. The number of aldehydes is 1. The fraction of sp³-hybridized carbons (Fsp3) is 0.125. The number of aromatic amines is 1. The van der Waals surface area contributed by atoms with Crippen LogP contribution in [0, 0.1) is 11.3 Å². The lowest BCUT2D eigenvalue weighted by Gasteiger charge is -2.01. The molecule has 0 aromatic carbocycles. The highest BCUT2D eigenvalue weighted by molar-refractivity contribution is 5.72. The van der Waals surface area contributed by atoms with Crippen molar-refractivity contribution in [2.45, 2.75) is 6.43 Å². The zero-order valence-corrected chi connectivity index (χ0v) is 6.75. The molecule has 1 aromatic heterocycles. The van der Waals surface area contributed by atoms with E-state index in [4.69, 9.17) is 5.26 Å². The summed E-state index contributed by atoms with van der Waals surface area (Å²) in [5, 5.41) is 8.46. The minimum Gasteiger partial charge on any atom is -0.319 e. The third-order valence-electron chi connectivity index (χ3n) is 1.56. The molecule has 1 heterocycles. The van der Waals surface area contributed by atoms with E-state index in [0.29, 0.717) is 0 Å². The van der Waals surface area contributed by atoms with Crippen LogP contribution in [-0.4, -0.2) is 11.3 Å². The molecule has 0 radical (unpaired) electrons. The lowest BCUT2D eigenvalue weighted by Crippen LogP contribution is -2.17. The van der Waals surface area contributed by atoms with Crippen LogP contribution in [0.5, 0.6) is 0 Å². The maximum Gasteiger partial charge on any atom is 0.270 e. The van der Waals surface area contributed by atoms with Gasteiger partial charge in [0.25, 0.3) is 12.0 Å². The Morgan fingerprint density at radius 2 is 2.21 bits per heavy atom. The second-order valence-electron chi connectivity index (χ2n) is 2.41. The van der Waals surface area contributed by atoms with Crippen LogP contribution in [0.3, 0.4) is 0 Å². The van der Waals surface area contributed by atoms with Crippen molar-refractivity contribution in [2.24, 2.45) is 0 Å². The summed E-state index contributed by atoms with van der Waals surface area (Å²) in [6.45, 7) is 0. The molecule has 0 saturated carbocycles. The van der Waals surface area contributed by atoms with Crippen molar-refractivity contribution < 1.29 is 13.6 Å². The third-order valence-corrected chi connectivity index (χ3v) is 1.56. The number of nitrogens with zero attached hydrogens (tertiary/aromatic N) is 1. The average Bonchev–Trinajstić information content (AvgIpc) is 2.15. The quantitative estimate of drug-likeness (QED) is 0.720. The Labute approximate surface area is 76.8 Å². The van der Waals surface area contributed by atoms with Gasteiger partial charge in [0.15, 0.2) is 6.29 Å². The van der Waals surface area contributed by atoms with Crippen LogP contribution in [0.25, 0.3) is 0 Å². The summed E-state index contributed by atoms with van der Waals surface area (Å²) in [5.74, 6) is 0. The summed E-state index contributed by atoms with van der Waals surface area (Å²) < 4.78 is 24.5. The van der Waals surface area contributed by atoms with E-state index >= 15 is 0 Å². The number of nitriles is 1. The molecule has 0 atom stereocenters. The molecule has 0 spiro atoms. The normalized spacial score (nSPS) is 9.86. The number of hydrogen-bond acceptors (Lipinski definition) is 3. The molecule has 6 heteroatoms. The predicted molar refractivity (Wildman–Crippen MR) is 42.1 cm³/mol. The summed E-state index contributed by atoms with van der Waals surface area (Å²) in [7, 11) is 0. The first-order valence-corrected chi connectivity index (χ1v) is 3.50. The van der Waals surface area contributed by atoms with Crippen LogP contribution >= 0.6 is 0 Å². The summed E-state index contributed by atoms with van der Waals surface area (Å²) in [6, 6.07) is 2.35. The fourth-order valence-corrected chi connectivity index (χ4v) is 0.963. The number of nitrogens with one attached hydrogen (secondary N) is 1. The van der Waals surface area contributed by atoms with Crippen LogP contribution in [0.1, 0.15) is 28.0 Å². The summed E-state index contributed by atoms with van der Waals surface area (Å²) >= 11 is 0. The summed E-state index contributed by atoms with van der Waals surface area (Å²) in [5.41, 5.74) is -2.69. The first kappa shape index (κ1) is 10.1. The predicted octanol–water partition coefficient (Wildman–Crippen LogP) is 0.997. The van der Waals surface area contributed by atoms with Crippen molar-refractivity contribution in [1.82, 2.24) is 4.98 Å². The van der Waals surface area contributed by atoms with Crippen molar-refractivity contribution >= 4 is 6.29 Å².